The molecule has 0 atom stereocenters. The molecule has 1 aliphatic heterocycles. The number of halogens is 1. The van der Waals surface area contributed by atoms with Crippen LogP contribution >= 0.6 is 0 Å². The van der Waals surface area contributed by atoms with Gasteiger partial charge in [0.15, 0.2) is 17.4 Å². The second kappa shape index (κ2) is 14.0. The van der Waals surface area contributed by atoms with Crippen molar-refractivity contribution in [3.63, 3.8) is 0 Å². The van der Waals surface area contributed by atoms with Gasteiger partial charge in [-0.05, 0) is 35.9 Å². The van der Waals surface area contributed by atoms with Crippen LogP contribution in [0.4, 0.5) is 15.8 Å². The summed E-state index contributed by atoms with van der Waals surface area (Å²) in [5.41, 5.74) is 3.35. The van der Waals surface area contributed by atoms with Gasteiger partial charge >= 0.3 is 0 Å². The van der Waals surface area contributed by atoms with E-state index in [-0.39, 0.29) is 17.8 Å². The van der Waals surface area contributed by atoms with Gasteiger partial charge in [0.25, 0.3) is 11.2 Å². The van der Waals surface area contributed by atoms with Gasteiger partial charge in [-0.3, -0.25) is 19.8 Å². The van der Waals surface area contributed by atoms with Gasteiger partial charge in [-0.1, -0.05) is 30.3 Å². The highest BCUT2D eigenvalue weighted by Gasteiger charge is 2.21. The molecule has 0 N–H and O–H groups in total. The van der Waals surface area contributed by atoms with Crippen LogP contribution in [0.25, 0.3) is 22.6 Å². The number of piperazine rings is 1. The summed E-state index contributed by atoms with van der Waals surface area (Å²) in [6.07, 6.45) is 3.24. The van der Waals surface area contributed by atoms with Crippen LogP contribution in [-0.2, 0) is 6.54 Å². The number of ether oxygens (including phenoxy) is 1. The Morgan fingerprint density at radius 3 is 2.45 bits per heavy atom. The van der Waals surface area contributed by atoms with Crippen LogP contribution in [0.3, 0.4) is 0 Å². The molecule has 1 saturated heterocycles. The summed E-state index contributed by atoms with van der Waals surface area (Å²) >= 11 is 0. The zero-order valence-electron chi connectivity index (χ0n) is 25.2. The normalized spacial score (nSPS) is 13.2. The van der Waals surface area contributed by atoms with E-state index in [1.54, 1.807) is 36.7 Å². The Hall–Kier alpha value is -6.00. The second-order valence-corrected chi connectivity index (χ2v) is 10.9. The van der Waals surface area contributed by atoms with Gasteiger partial charge in [0.05, 0.1) is 52.9 Å². The number of nitriles is 1. The van der Waals surface area contributed by atoms with E-state index in [0.29, 0.717) is 67.8 Å². The minimum absolute atomic E-state index is 0.242. The number of non-ortho nitro benzene ring substituents is 1. The van der Waals surface area contributed by atoms with Crippen LogP contribution in [0, 0.1) is 27.3 Å². The van der Waals surface area contributed by atoms with Gasteiger partial charge in [-0.25, -0.2) is 19.0 Å². The van der Waals surface area contributed by atoms with Crippen molar-refractivity contribution < 1.29 is 14.1 Å². The van der Waals surface area contributed by atoms with Crippen molar-refractivity contribution >= 4 is 11.4 Å². The van der Waals surface area contributed by atoms with Crippen LogP contribution in [0.5, 0.6) is 5.75 Å². The monoisotopic (exact) mass is 632 g/mol. The molecule has 3 aromatic carbocycles. The summed E-state index contributed by atoms with van der Waals surface area (Å²) < 4.78 is 21.7. The first-order valence-electron chi connectivity index (χ1n) is 14.9. The zero-order valence-corrected chi connectivity index (χ0v) is 25.2. The molecule has 5 aromatic rings. The van der Waals surface area contributed by atoms with E-state index in [0.717, 1.165) is 22.8 Å². The number of nitro benzene ring substituents is 1. The number of nitrogens with zero attached hydrogens (tertiary/aromatic N) is 8. The molecule has 3 heterocycles. The lowest BCUT2D eigenvalue weighted by Gasteiger charge is -2.36. The molecular formula is C34H29FN8O4. The maximum atomic E-state index is 14.4. The fourth-order valence-electron chi connectivity index (χ4n) is 5.36. The topological polar surface area (TPSA) is 143 Å². The number of hydrogen-bond donors (Lipinski definition) is 0. The van der Waals surface area contributed by atoms with Crippen molar-refractivity contribution in [1.29, 1.82) is 5.26 Å². The van der Waals surface area contributed by atoms with Gasteiger partial charge in [-0.15, -0.1) is 0 Å². The van der Waals surface area contributed by atoms with E-state index in [9.17, 15) is 24.6 Å². The van der Waals surface area contributed by atoms with Crippen molar-refractivity contribution in [1.82, 2.24) is 24.6 Å². The quantitative estimate of drug-likeness (QED) is 0.159. The minimum Gasteiger partial charge on any atom is -0.489 e. The number of rotatable bonds is 10. The molecule has 0 saturated carbocycles. The van der Waals surface area contributed by atoms with E-state index >= 15 is 0 Å². The molecule has 6 rings (SSSR count). The van der Waals surface area contributed by atoms with Crippen molar-refractivity contribution in [2.45, 2.75) is 6.54 Å². The molecule has 0 spiro atoms. The van der Waals surface area contributed by atoms with Crippen LogP contribution < -0.4 is 15.2 Å². The largest absolute Gasteiger partial charge is 0.489 e. The van der Waals surface area contributed by atoms with Crippen molar-refractivity contribution in [3.05, 3.63) is 129 Å². The van der Waals surface area contributed by atoms with Crippen molar-refractivity contribution in [3.8, 4) is 34.5 Å². The van der Waals surface area contributed by atoms with E-state index in [1.807, 2.05) is 35.2 Å². The summed E-state index contributed by atoms with van der Waals surface area (Å²) in [6, 6.07) is 23.6. The lowest BCUT2D eigenvalue weighted by atomic mass is 10.1. The first-order valence-corrected chi connectivity index (χ1v) is 14.9. The molecule has 236 valence electrons. The van der Waals surface area contributed by atoms with E-state index in [1.165, 1.54) is 22.9 Å². The molecule has 12 nitrogen and oxygen atoms in total. The Morgan fingerprint density at radius 1 is 0.936 bits per heavy atom. The smallest absolute Gasteiger partial charge is 0.272 e. The van der Waals surface area contributed by atoms with Gasteiger partial charge < -0.3 is 9.64 Å². The molecule has 13 heteroatoms. The molecule has 0 bridgehead atoms. The molecule has 1 fully saturated rings. The summed E-state index contributed by atoms with van der Waals surface area (Å²) in [4.78, 5) is 35.9. The Labute approximate surface area is 269 Å². The molecule has 2 aromatic heterocycles. The van der Waals surface area contributed by atoms with Gasteiger partial charge in [0.2, 0.25) is 0 Å². The molecule has 47 heavy (non-hydrogen) atoms. The number of hydrogen-bond acceptors (Lipinski definition) is 10. The van der Waals surface area contributed by atoms with Gasteiger partial charge in [0.1, 0.15) is 6.61 Å². The SMILES string of the molecule is N#Cc1cccc(-c2ccc(=O)n(Cc3cccc(-c4ncc(OCCN5CCN(c6ccc([N+](=O)[O-])cc6F)CC5)cn4)c3)n2)c1. The lowest BCUT2D eigenvalue weighted by molar-refractivity contribution is -0.385. The second-order valence-electron chi connectivity index (χ2n) is 10.9. The van der Waals surface area contributed by atoms with E-state index < -0.39 is 10.7 Å². The van der Waals surface area contributed by atoms with Crippen LogP contribution in [0.2, 0.25) is 0 Å². The Bertz CT molecular complexity index is 2000. The summed E-state index contributed by atoms with van der Waals surface area (Å²) in [5, 5.41) is 24.6. The highest BCUT2D eigenvalue weighted by atomic mass is 19.1. The van der Waals surface area contributed by atoms with E-state index in [4.69, 9.17) is 4.74 Å². The number of nitro groups is 1. The number of anilines is 1. The zero-order chi connectivity index (χ0) is 32.8. The maximum Gasteiger partial charge on any atom is 0.272 e. The predicted octanol–water partition coefficient (Wildman–Crippen LogP) is 4.54. The number of benzene rings is 3. The third-order valence-corrected chi connectivity index (χ3v) is 7.83. The highest BCUT2D eigenvalue weighted by Crippen LogP contribution is 2.25. The third-order valence-electron chi connectivity index (χ3n) is 7.83. The summed E-state index contributed by atoms with van der Waals surface area (Å²) in [5.74, 6) is 0.449. The first kappa shape index (κ1) is 31.0. The van der Waals surface area contributed by atoms with Crippen LogP contribution in [-0.4, -0.2) is 68.9 Å². The molecule has 0 aliphatic carbocycles. The first-order chi connectivity index (χ1) is 22.9. The fourth-order valence-corrected chi connectivity index (χ4v) is 5.36. The van der Waals surface area contributed by atoms with Crippen molar-refractivity contribution in [2.75, 3.05) is 44.2 Å². The van der Waals surface area contributed by atoms with E-state index in [2.05, 4.69) is 26.0 Å². The van der Waals surface area contributed by atoms with Gasteiger partial charge in [0, 0.05) is 56.0 Å². The summed E-state index contributed by atoms with van der Waals surface area (Å²) in [7, 11) is 0. The molecule has 1 aliphatic rings. The maximum absolute atomic E-state index is 14.4. The molecule has 0 amide bonds. The van der Waals surface area contributed by atoms with Crippen LogP contribution in [0.1, 0.15) is 11.1 Å². The minimum atomic E-state index is -0.605. The summed E-state index contributed by atoms with van der Waals surface area (Å²) in [6.45, 7) is 3.93. The van der Waals surface area contributed by atoms with Crippen LogP contribution in [0.15, 0.2) is 96.1 Å². The Morgan fingerprint density at radius 2 is 1.70 bits per heavy atom. The van der Waals surface area contributed by atoms with Gasteiger partial charge in [-0.2, -0.15) is 10.4 Å². The fraction of sp³-hybridized carbons (Fsp3) is 0.206. The molecular weight excluding hydrogens is 603 g/mol. The number of aromatic nitrogens is 4. The Balaban J connectivity index is 1.02. The third kappa shape index (κ3) is 7.46. The average Bonchev–Trinajstić information content (AvgIpc) is 3.10. The van der Waals surface area contributed by atoms with Crippen molar-refractivity contribution in [2.24, 2.45) is 0 Å². The average molecular weight is 633 g/mol. The predicted molar refractivity (Wildman–Crippen MR) is 172 cm³/mol. The standard InChI is InChI=1S/C34H29FN8O4/c35-30-19-28(43(45)46)7-9-32(30)41-13-11-40(12-14-41)15-16-47-29-21-37-34(38-22-29)27-6-2-4-25(18-27)23-42-33(44)10-8-31(39-42)26-5-1-3-24(17-26)20-36/h1-10,17-19,21-22H,11-16,23H2. The highest BCUT2D eigenvalue weighted by molar-refractivity contribution is 5.61. The molecule has 0 unspecified atom stereocenters. The molecule has 0 radical (unpaired) electrons. The lowest BCUT2D eigenvalue weighted by Crippen LogP contribution is -2.47. The Kier molecular flexibility index (Phi) is 9.21.